The first kappa shape index (κ1) is 19.4. The largest absolute Gasteiger partial charge is 0.493 e. The highest BCUT2D eigenvalue weighted by molar-refractivity contribution is 6.01. The number of para-hydroxylation sites is 2. The number of methoxy groups -OCH3 is 1. The molecule has 4 rings (SSSR count). The molecular formula is C21H22F2N2O4. The van der Waals surface area contributed by atoms with Crippen LogP contribution in [0.3, 0.4) is 0 Å². The molecule has 1 saturated heterocycles. The second-order valence-electron chi connectivity index (χ2n) is 6.94. The lowest BCUT2D eigenvalue weighted by atomic mass is 10.0. The summed E-state index contributed by atoms with van der Waals surface area (Å²) in [4.78, 5) is 14.9. The van der Waals surface area contributed by atoms with E-state index >= 15 is 0 Å². The number of nitrogens with zero attached hydrogens (tertiary/aromatic N) is 1. The smallest absolute Gasteiger partial charge is 0.387 e. The van der Waals surface area contributed by atoms with Crippen LogP contribution in [0.2, 0.25) is 0 Å². The SMILES string of the molecule is COc1cccc(C2Nc3ccccc3C(=O)N2CC2CCCO2)c1OC(F)F. The predicted octanol–water partition coefficient (Wildman–Crippen LogP) is 4.04. The number of rotatable bonds is 6. The summed E-state index contributed by atoms with van der Waals surface area (Å²) in [5.41, 5.74) is 1.56. The molecule has 0 aromatic heterocycles. The number of fused-ring (bicyclic) bond motifs is 1. The van der Waals surface area contributed by atoms with Crippen LogP contribution in [0.4, 0.5) is 14.5 Å². The number of hydrogen-bond donors (Lipinski definition) is 1. The third-order valence-electron chi connectivity index (χ3n) is 5.18. The Morgan fingerprint density at radius 1 is 1.24 bits per heavy atom. The molecule has 1 fully saturated rings. The molecule has 2 aromatic rings. The molecule has 8 heteroatoms. The van der Waals surface area contributed by atoms with Crippen LogP contribution in [0.15, 0.2) is 42.5 Å². The van der Waals surface area contributed by atoms with Gasteiger partial charge in [0.25, 0.3) is 5.91 Å². The molecule has 29 heavy (non-hydrogen) atoms. The fourth-order valence-electron chi connectivity index (χ4n) is 3.86. The highest BCUT2D eigenvalue weighted by Gasteiger charge is 2.37. The fourth-order valence-corrected chi connectivity index (χ4v) is 3.86. The number of hydrogen-bond acceptors (Lipinski definition) is 5. The van der Waals surface area contributed by atoms with Crippen LogP contribution >= 0.6 is 0 Å². The Kier molecular flexibility index (Phi) is 5.53. The van der Waals surface area contributed by atoms with Crippen LogP contribution in [0.5, 0.6) is 11.5 Å². The van der Waals surface area contributed by atoms with E-state index in [-0.39, 0.29) is 23.5 Å². The van der Waals surface area contributed by atoms with Gasteiger partial charge in [0.15, 0.2) is 11.5 Å². The molecule has 154 valence electrons. The molecule has 2 heterocycles. The van der Waals surface area contributed by atoms with Crippen molar-refractivity contribution in [3.8, 4) is 11.5 Å². The van der Waals surface area contributed by atoms with Gasteiger partial charge in [0, 0.05) is 24.4 Å². The van der Waals surface area contributed by atoms with E-state index < -0.39 is 12.8 Å². The zero-order chi connectivity index (χ0) is 20.4. The van der Waals surface area contributed by atoms with Crippen LogP contribution in [0.1, 0.15) is 34.9 Å². The quantitative estimate of drug-likeness (QED) is 0.787. The molecule has 2 aromatic carbocycles. The zero-order valence-corrected chi connectivity index (χ0v) is 15.9. The summed E-state index contributed by atoms with van der Waals surface area (Å²) in [6, 6.07) is 12.0. The van der Waals surface area contributed by atoms with Gasteiger partial charge in [0.1, 0.15) is 6.17 Å². The maximum absolute atomic E-state index is 13.3. The Bertz CT molecular complexity index is 887. The number of amides is 1. The Labute approximate surface area is 167 Å². The minimum absolute atomic E-state index is 0.0907. The molecule has 2 aliphatic heterocycles. The first-order valence-corrected chi connectivity index (χ1v) is 9.48. The van der Waals surface area contributed by atoms with E-state index in [0.717, 1.165) is 12.8 Å². The number of carbonyl (C=O) groups excluding carboxylic acids is 1. The minimum atomic E-state index is -3.02. The first-order valence-electron chi connectivity index (χ1n) is 9.48. The summed E-state index contributed by atoms with van der Waals surface area (Å²) in [7, 11) is 1.39. The highest BCUT2D eigenvalue weighted by Crippen LogP contribution is 2.41. The topological polar surface area (TPSA) is 60.0 Å². The van der Waals surface area contributed by atoms with Gasteiger partial charge in [-0.2, -0.15) is 8.78 Å². The van der Waals surface area contributed by atoms with E-state index in [1.807, 2.05) is 6.07 Å². The highest BCUT2D eigenvalue weighted by atomic mass is 19.3. The number of halogens is 2. The second kappa shape index (κ2) is 8.24. The lowest BCUT2D eigenvalue weighted by Gasteiger charge is -2.39. The number of nitrogens with one attached hydrogen (secondary N) is 1. The van der Waals surface area contributed by atoms with Crippen molar-refractivity contribution >= 4 is 11.6 Å². The maximum atomic E-state index is 13.3. The Hall–Kier alpha value is -2.87. The van der Waals surface area contributed by atoms with Crippen molar-refractivity contribution in [3.63, 3.8) is 0 Å². The Morgan fingerprint density at radius 3 is 2.79 bits per heavy atom. The minimum Gasteiger partial charge on any atom is -0.493 e. The van der Waals surface area contributed by atoms with E-state index in [9.17, 15) is 13.6 Å². The van der Waals surface area contributed by atoms with Crippen LogP contribution in [-0.2, 0) is 4.74 Å². The summed E-state index contributed by atoms with van der Waals surface area (Å²) in [5, 5.41) is 3.30. The van der Waals surface area contributed by atoms with Crippen molar-refractivity contribution in [2.24, 2.45) is 0 Å². The third-order valence-corrected chi connectivity index (χ3v) is 5.18. The number of alkyl halides is 2. The summed E-state index contributed by atoms with van der Waals surface area (Å²) in [6.45, 7) is -2.03. The van der Waals surface area contributed by atoms with E-state index in [4.69, 9.17) is 14.2 Å². The molecule has 2 unspecified atom stereocenters. The summed E-state index contributed by atoms with van der Waals surface area (Å²) < 4.78 is 42.0. The average Bonchev–Trinajstić information content (AvgIpc) is 3.23. The molecule has 0 aliphatic carbocycles. The van der Waals surface area contributed by atoms with E-state index in [1.54, 1.807) is 41.3 Å². The Balaban J connectivity index is 1.78. The van der Waals surface area contributed by atoms with E-state index in [1.165, 1.54) is 7.11 Å². The van der Waals surface area contributed by atoms with E-state index in [2.05, 4.69) is 5.32 Å². The van der Waals surface area contributed by atoms with Crippen LogP contribution < -0.4 is 14.8 Å². The van der Waals surface area contributed by atoms with Crippen molar-refractivity contribution in [1.82, 2.24) is 4.90 Å². The standard InChI is InChI=1S/C21H22F2N2O4/c1-27-17-10-4-8-15(18(17)29-21(22)23)19-24-16-9-3-2-7-14(16)20(26)25(19)12-13-6-5-11-28-13/h2-4,7-10,13,19,21,24H,5-6,11-12H2,1H3. The van der Waals surface area contributed by atoms with Gasteiger partial charge < -0.3 is 24.4 Å². The molecular weight excluding hydrogens is 382 g/mol. The van der Waals surface area contributed by atoms with Crippen molar-refractivity contribution in [2.45, 2.75) is 31.7 Å². The lowest BCUT2D eigenvalue weighted by molar-refractivity contribution is -0.0524. The van der Waals surface area contributed by atoms with Gasteiger partial charge in [-0.25, -0.2) is 0 Å². The van der Waals surface area contributed by atoms with Crippen LogP contribution in [0.25, 0.3) is 0 Å². The van der Waals surface area contributed by atoms with Gasteiger partial charge in [-0.15, -0.1) is 0 Å². The van der Waals surface area contributed by atoms with Gasteiger partial charge in [-0.1, -0.05) is 24.3 Å². The molecule has 0 radical (unpaired) electrons. The molecule has 0 bridgehead atoms. The number of carbonyl (C=O) groups is 1. The Morgan fingerprint density at radius 2 is 2.07 bits per heavy atom. The van der Waals surface area contributed by atoms with Crippen LogP contribution in [-0.4, -0.2) is 43.8 Å². The summed E-state index contributed by atoms with van der Waals surface area (Å²) >= 11 is 0. The molecule has 6 nitrogen and oxygen atoms in total. The zero-order valence-electron chi connectivity index (χ0n) is 15.9. The summed E-state index contributed by atoms with van der Waals surface area (Å²) in [6.07, 6.45) is 0.973. The molecule has 0 spiro atoms. The molecule has 2 aliphatic rings. The van der Waals surface area contributed by atoms with Gasteiger partial charge in [0.2, 0.25) is 0 Å². The predicted molar refractivity (Wildman–Crippen MR) is 102 cm³/mol. The molecule has 1 amide bonds. The number of anilines is 1. The van der Waals surface area contributed by atoms with Crippen LogP contribution in [0, 0.1) is 0 Å². The first-order chi connectivity index (χ1) is 14.1. The summed E-state index contributed by atoms with van der Waals surface area (Å²) in [5.74, 6) is -0.106. The van der Waals surface area contributed by atoms with E-state index in [0.29, 0.717) is 30.0 Å². The van der Waals surface area contributed by atoms with Gasteiger partial charge in [0.05, 0.1) is 18.8 Å². The second-order valence-corrected chi connectivity index (χ2v) is 6.94. The lowest BCUT2D eigenvalue weighted by Crippen LogP contribution is -2.46. The van der Waals surface area contributed by atoms with Crippen molar-refractivity contribution in [2.75, 3.05) is 25.6 Å². The number of benzene rings is 2. The van der Waals surface area contributed by atoms with Crippen molar-refractivity contribution < 1.29 is 27.8 Å². The van der Waals surface area contributed by atoms with Gasteiger partial charge in [-0.3, -0.25) is 4.79 Å². The normalized spacial score (nSPS) is 21.1. The molecule has 1 N–H and O–H groups in total. The van der Waals surface area contributed by atoms with Crippen molar-refractivity contribution in [1.29, 1.82) is 0 Å². The average molecular weight is 404 g/mol. The van der Waals surface area contributed by atoms with Crippen molar-refractivity contribution in [3.05, 3.63) is 53.6 Å². The fraction of sp³-hybridized carbons (Fsp3) is 0.381. The third kappa shape index (κ3) is 3.85. The molecule has 2 atom stereocenters. The molecule has 0 saturated carbocycles. The van der Waals surface area contributed by atoms with Gasteiger partial charge in [-0.05, 0) is 31.0 Å². The monoisotopic (exact) mass is 404 g/mol. The maximum Gasteiger partial charge on any atom is 0.387 e. The number of ether oxygens (including phenoxy) is 3. The van der Waals surface area contributed by atoms with Gasteiger partial charge >= 0.3 is 6.61 Å².